The maximum Gasteiger partial charge on any atom is 0.184 e. The molecule has 0 spiro atoms. The molecule has 0 radical (unpaired) electrons. The van der Waals surface area contributed by atoms with Crippen LogP contribution in [0.5, 0.6) is 0 Å². The van der Waals surface area contributed by atoms with E-state index in [4.69, 9.17) is 0 Å². The maximum atomic E-state index is 4.31. The van der Waals surface area contributed by atoms with Crippen molar-refractivity contribution in [2.75, 3.05) is 0 Å². The molecule has 0 saturated heterocycles. The van der Waals surface area contributed by atoms with E-state index in [0.29, 0.717) is 11.6 Å². The zero-order chi connectivity index (χ0) is 10.1. The molecule has 3 rings (SSSR count). The molecule has 0 fully saturated rings. The van der Waals surface area contributed by atoms with Crippen molar-refractivity contribution >= 4 is 0 Å². The zero-order valence-corrected chi connectivity index (χ0v) is 7.60. The van der Waals surface area contributed by atoms with Crippen LogP contribution in [0.1, 0.15) is 0 Å². The minimum atomic E-state index is 0.611. The first-order chi connectivity index (χ1) is 7.43. The van der Waals surface area contributed by atoms with E-state index in [2.05, 4.69) is 35.6 Å². The normalized spacial score (nSPS) is 10.7. The van der Waals surface area contributed by atoms with E-state index in [1.165, 1.54) is 0 Å². The van der Waals surface area contributed by atoms with Crippen LogP contribution in [0.4, 0.5) is 0 Å². The molecule has 74 valence electrons. The van der Waals surface area contributed by atoms with Gasteiger partial charge in [-0.05, 0) is 0 Å². The van der Waals surface area contributed by atoms with E-state index in [1.807, 2.05) is 0 Å². The van der Waals surface area contributed by atoms with Gasteiger partial charge in [-0.25, -0.2) is 4.98 Å². The minimum Gasteiger partial charge on any atom is -0.285 e. The summed E-state index contributed by atoms with van der Waals surface area (Å²) in [5.41, 5.74) is 1.72. The van der Waals surface area contributed by atoms with Crippen molar-refractivity contribution in [1.82, 2.24) is 35.6 Å². The van der Waals surface area contributed by atoms with Crippen LogP contribution < -0.4 is 0 Å². The average Bonchev–Trinajstić information content (AvgIpc) is 3.02. The van der Waals surface area contributed by atoms with Gasteiger partial charge < -0.3 is 0 Å². The monoisotopic (exact) mass is 201 g/mol. The van der Waals surface area contributed by atoms with Gasteiger partial charge in [0.2, 0.25) is 0 Å². The Morgan fingerprint density at radius 1 is 0.933 bits per heavy atom. The molecule has 15 heavy (non-hydrogen) atoms. The number of rotatable bonds is 2. The van der Waals surface area contributed by atoms with Crippen molar-refractivity contribution in [1.29, 1.82) is 0 Å². The molecule has 3 aromatic rings. The number of H-pyrrole nitrogens is 3. The molecule has 0 aliphatic carbocycles. The van der Waals surface area contributed by atoms with Crippen molar-refractivity contribution in [3.63, 3.8) is 0 Å². The molecule has 0 aliphatic heterocycles. The predicted octanol–water partition coefficient (Wildman–Crippen LogP) is 0.585. The summed E-state index contributed by atoms with van der Waals surface area (Å²) in [5.74, 6) is 1.29. The lowest BCUT2D eigenvalue weighted by atomic mass is 10.3. The topological polar surface area (TPSA) is 98.9 Å². The fourth-order valence-electron chi connectivity index (χ4n) is 1.27. The number of hydrogen-bond acceptors (Lipinski definition) is 4. The van der Waals surface area contributed by atoms with E-state index < -0.39 is 0 Å². The van der Waals surface area contributed by atoms with Crippen LogP contribution in [0.15, 0.2) is 24.8 Å². The first-order valence-electron chi connectivity index (χ1n) is 4.34. The minimum absolute atomic E-state index is 0.611. The first kappa shape index (κ1) is 7.92. The third-order valence-corrected chi connectivity index (χ3v) is 2.01. The van der Waals surface area contributed by atoms with Gasteiger partial charge in [-0.2, -0.15) is 15.3 Å². The highest BCUT2D eigenvalue weighted by atomic mass is 15.2. The fourth-order valence-corrected chi connectivity index (χ4v) is 1.27. The van der Waals surface area contributed by atoms with E-state index in [9.17, 15) is 0 Å². The van der Waals surface area contributed by atoms with Crippen LogP contribution >= 0.6 is 0 Å². The number of hydrogen-bond donors (Lipinski definition) is 3. The summed E-state index contributed by atoms with van der Waals surface area (Å²) in [6.45, 7) is 0. The van der Waals surface area contributed by atoms with E-state index in [0.717, 1.165) is 11.1 Å². The van der Waals surface area contributed by atoms with Crippen LogP contribution in [0.2, 0.25) is 0 Å². The van der Waals surface area contributed by atoms with Gasteiger partial charge in [0.15, 0.2) is 11.6 Å². The van der Waals surface area contributed by atoms with Gasteiger partial charge >= 0.3 is 0 Å². The van der Waals surface area contributed by atoms with Crippen molar-refractivity contribution in [3.8, 4) is 22.8 Å². The van der Waals surface area contributed by atoms with Gasteiger partial charge in [-0.1, -0.05) is 0 Å². The second kappa shape index (κ2) is 3.05. The number of aromatic nitrogens is 7. The van der Waals surface area contributed by atoms with Crippen LogP contribution in [0.3, 0.4) is 0 Å². The predicted molar refractivity (Wildman–Crippen MR) is 51.5 cm³/mol. The highest BCUT2D eigenvalue weighted by Gasteiger charge is 2.08. The Morgan fingerprint density at radius 2 is 1.67 bits per heavy atom. The van der Waals surface area contributed by atoms with Gasteiger partial charge in [0.25, 0.3) is 0 Å². The summed E-state index contributed by atoms with van der Waals surface area (Å²) >= 11 is 0. The lowest BCUT2D eigenvalue weighted by Crippen LogP contribution is -1.77. The fraction of sp³-hybridized carbons (Fsp3) is 0. The number of aromatic amines is 3. The van der Waals surface area contributed by atoms with Gasteiger partial charge in [0.1, 0.15) is 0 Å². The molecule has 7 heteroatoms. The van der Waals surface area contributed by atoms with Crippen LogP contribution in [0.25, 0.3) is 22.8 Å². The van der Waals surface area contributed by atoms with Crippen molar-refractivity contribution in [3.05, 3.63) is 24.8 Å². The molecule has 7 nitrogen and oxygen atoms in total. The van der Waals surface area contributed by atoms with Crippen molar-refractivity contribution in [2.45, 2.75) is 0 Å². The molecule has 0 saturated carbocycles. The Labute approximate surface area is 84.0 Å². The van der Waals surface area contributed by atoms with Gasteiger partial charge in [-0.3, -0.25) is 15.3 Å². The summed E-state index contributed by atoms with van der Waals surface area (Å²) in [7, 11) is 0. The summed E-state index contributed by atoms with van der Waals surface area (Å²) < 4.78 is 0. The molecule has 3 N–H and O–H groups in total. The Balaban J connectivity index is 2.02. The Morgan fingerprint density at radius 3 is 2.33 bits per heavy atom. The SMILES string of the molecule is c1n[nH]cc1-c1n[nH]c(-c2cn[nH]c2)n1. The van der Waals surface area contributed by atoms with Crippen molar-refractivity contribution in [2.24, 2.45) is 0 Å². The molecule has 0 aromatic carbocycles. The Bertz CT molecular complexity index is 485. The second-order valence-corrected chi connectivity index (χ2v) is 2.98. The van der Waals surface area contributed by atoms with Crippen LogP contribution in [-0.2, 0) is 0 Å². The standard InChI is InChI=1S/C8H7N7/c1-5(2-10-9-1)7-13-8(15-14-7)6-3-11-12-4-6/h1-4H,(H,9,10)(H,11,12)(H,13,14,15). The summed E-state index contributed by atoms with van der Waals surface area (Å²) in [5, 5.41) is 20.0. The Kier molecular flexibility index (Phi) is 1.61. The maximum absolute atomic E-state index is 4.31. The lowest BCUT2D eigenvalue weighted by molar-refractivity contribution is 1.09. The van der Waals surface area contributed by atoms with Gasteiger partial charge in [-0.15, -0.1) is 0 Å². The smallest absolute Gasteiger partial charge is 0.184 e. The van der Waals surface area contributed by atoms with E-state index in [-0.39, 0.29) is 0 Å². The lowest BCUT2D eigenvalue weighted by Gasteiger charge is -1.84. The summed E-state index contributed by atoms with van der Waals surface area (Å²) in [6.07, 6.45) is 6.84. The molecule has 0 amide bonds. The molecular formula is C8H7N7. The number of nitrogens with zero attached hydrogens (tertiary/aromatic N) is 4. The molecular weight excluding hydrogens is 194 g/mol. The molecule has 0 atom stereocenters. The first-order valence-corrected chi connectivity index (χ1v) is 4.34. The molecule has 3 heterocycles. The molecule has 0 aliphatic rings. The highest BCUT2D eigenvalue weighted by molar-refractivity contribution is 5.58. The summed E-state index contributed by atoms with van der Waals surface area (Å²) in [6, 6.07) is 0. The second-order valence-electron chi connectivity index (χ2n) is 2.98. The van der Waals surface area contributed by atoms with Crippen LogP contribution in [-0.4, -0.2) is 35.6 Å². The quantitative estimate of drug-likeness (QED) is 0.564. The molecule has 3 aromatic heterocycles. The van der Waals surface area contributed by atoms with E-state index in [1.54, 1.807) is 24.8 Å². The van der Waals surface area contributed by atoms with Crippen molar-refractivity contribution < 1.29 is 0 Å². The largest absolute Gasteiger partial charge is 0.285 e. The Hall–Kier alpha value is -2.44. The molecule has 0 unspecified atom stereocenters. The third kappa shape index (κ3) is 1.30. The third-order valence-electron chi connectivity index (χ3n) is 2.01. The summed E-state index contributed by atoms with van der Waals surface area (Å²) in [4.78, 5) is 4.31. The average molecular weight is 201 g/mol. The van der Waals surface area contributed by atoms with Crippen LogP contribution in [0, 0.1) is 0 Å². The molecule has 0 bridgehead atoms. The van der Waals surface area contributed by atoms with Gasteiger partial charge in [0.05, 0.1) is 23.5 Å². The van der Waals surface area contributed by atoms with E-state index >= 15 is 0 Å². The van der Waals surface area contributed by atoms with Gasteiger partial charge in [0, 0.05) is 12.4 Å². The number of nitrogens with one attached hydrogen (secondary N) is 3. The highest BCUT2D eigenvalue weighted by Crippen LogP contribution is 2.17. The zero-order valence-electron chi connectivity index (χ0n) is 7.60.